The first-order chi connectivity index (χ1) is 6.54. The molecule has 0 amide bonds. The largest absolute Gasteiger partial charge is 0.445 e. The number of hydrogen-bond donors (Lipinski definition) is 2. The van der Waals surface area contributed by atoms with E-state index in [1.807, 2.05) is 0 Å². The molecule has 4 saturated heterocycles. The quantitative estimate of drug-likeness (QED) is 0.484. The minimum absolute atomic E-state index is 0.0428. The van der Waals surface area contributed by atoms with Crippen LogP contribution >= 0.6 is 27.5 Å². The van der Waals surface area contributed by atoms with E-state index < -0.39 is 23.0 Å². The molecule has 0 spiro atoms. The Labute approximate surface area is 94.1 Å². The van der Waals surface area contributed by atoms with Crippen molar-refractivity contribution >= 4 is 33.5 Å². The van der Waals surface area contributed by atoms with Gasteiger partial charge in [0.15, 0.2) is 11.1 Å². The highest BCUT2D eigenvalue weighted by Crippen LogP contribution is 2.51. The molecule has 4 aliphatic heterocycles. The Morgan fingerprint density at radius 2 is 2.43 bits per heavy atom. The van der Waals surface area contributed by atoms with E-state index in [1.165, 1.54) is 0 Å². The zero-order valence-corrected chi connectivity index (χ0v) is 9.46. The summed E-state index contributed by atoms with van der Waals surface area (Å²) in [5.41, 5.74) is 0. The summed E-state index contributed by atoms with van der Waals surface area (Å²) in [6.07, 6.45) is -0.348. The van der Waals surface area contributed by atoms with Crippen molar-refractivity contribution < 1.29 is 14.6 Å². The van der Waals surface area contributed by atoms with Crippen molar-refractivity contribution in [2.75, 3.05) is 0 Å². The van der Waals surface area contributed by atoms with E-state index in [0.717, 1.165) is 0 Å². The minimum Gasteiger partial charge on any atom is -0.445 e. The molecule has 2 N–H and O–H groups in total. The molecule has 14 heavy (non-hydrogen) atoms. The highest BCUT2D eigenvalue weighted by atomic mass is 79.9. The number of aliphatic hydroxyl groups excluding tert-OH is 1. The van der Waals surface area contributed by atoms with Crippen LogP contribution in [0.4, 0.5) is 0 Å². The standard InChI is InChI=1S/C8H9BrClNO3/c9-3-2-1-8(10)5(4(3)12)11-6(2)14-7(8)13/h2-6,11-12H,1H2. The lowest BCUT2D eigenvalue weighted by Crippen LogP contribution is -2.79. The van der Waals surface area contributed by atoms with Gasteiger partial charge in [-0.2, -0.15) is 0 Å². The van der Waals surface area contributed by atoms with Gasteiger partial charge >= 0.3 is 5.97 Å². The van der Waals surface area contributed by atoms with Crippen LogP contribution in [0.2, 0.25) is 0 Å². The fourth-order valence-corrected chi connectivity index (χ4v) is 3.82. The van der Waals surface area contributed by atoms with Gasteiger partial charge in [-0.15, -0.1) is 11.6 Å². The molecule has 0 aromatic carbocycles. The van der Waals surface area contributed by atoms with Crippen molar-refractivity contribution in [3.05, 3.63) is 0 Å². The molecule has 1 saturated carbocycles. The molecule has 4 nitrogen and oxygen atoms in total. The van der Waals surface area contributed by atoms with Crippen molar-refractivity contribution in [3.63, 3.8) is 0 Å². The van der Waals surface area contributed by atoms with Gasteiger partial charge in [-0.1, -0.05) is 15.9 Å². The van der Waals surface area contributed by atoms with Gasteiger partial charge in [0.2, 0.25) is 0 Å². The molecule has 78 valence electrons. The van der Waals surface area contributed by atoms with Crippen LogP contribution < -0.4 is 5.32 Å². The van der Waals surface area contributed by atoms with Crippen molar-refractivity contribution in [2.45, 2.75) is 34.5 Å². The molecule has 0 aromatic rings. The molecule has 5 fully saturated rings. The molecule has 6 atom stereocenters. The third-order valence-corrected chi connectivity index (χ3v) is 5.17. The summed E-state index contributed by atoms with van der Waals surface area (Å²) in [7, 11) is 0. The van der Waals surface area contributed by atoms with Gasteiger partial charge < -0.3 is 9.84 Å². The molecule has 1 aliphatic carbocycles. The van der Waals surface area contributed by atoms with Crippen LogP contribution in [0.15, 0.2) is 0 Å². The zero-order valence-electron chi connectivity index (χ0n) is 7.11. The molecule has 6 unspecified atom stereocenters. The van der Waals surface area contributed by atoms with Crippen LogP contribution in [-0.2, 0) is 9.53 Å². The zero-order chi connectivity index (χ0) is 10.1. The summed E-state index contributed by atoms with van der Waals surface area (Å²) < 4.78 is 5.12. The van der Waals surface area contributed by atoms with Crippen molar-refractivity contribution in [1.29, 1.82) is 0 Å². The molecular formula is C8H9BrClNO3. The van der Waals surface area contributed by atoms with E-state index in [2.05, 4.69) is 21.2 Å². The lowest BCUT2D eigenvalue weighted by atomic mass is 9.69. The van der Waals surface area contributed by atoms with Gasteiger partial charge in [-0.3, -0.25) is 10.1 Å². The number of carbonyl (C=O) groups is 1. The van der Waals surface area contributed by atoms with Gasteiger partial charge in [0.05, 0.1) is 12.1 Å². The Morgan fingerprint density at radius 3 is 3.14 bits per heavy atom. The van der Waals surface area contributed by atoms with Gasteiger partial charge in [-0.05, 0) is 6.42 Å². The molecule has 5 rings (SSSR count). The number of esters is 1. The van der Waals surface area contributed by atoms with E-state index in [1.54, 1.807) is 0 Å². The molecule has 0 aromatic heterocycles. The van der Waals surface area contributed by atoms with E-state index >= 15 is 0 Å². The second-order valence-corrected chi connectivity index (χ2v) is 5.87. The first-order valence-electron chi connectivity index (χ1n) is 4.52. The Balaban J connectivity index is 2.06. The smallest absolute Gasteiger partial charge is 0.330 e. The fourth-order valence-electron chi connectivity index (χ4n) is 2.64. The van der Waals surface area contributed by atoms with Gasteiger partial charge in [0.25, 0.3) is 0 Å². The fraction of sp³-hybridized carbons (Fsp3) is 0.875. The Kier molecular flexibility index (Phi) is 1.77. The number of rotatable bonds is 0. The minimum atomic E-state index is -1.07. The first kappa shape index (κ1) is 9.39. The number of fused-ring (bicyclic) bond motifs is 2. The van der Waals surface area contributed by atoms with E-state index in [-0.39, 0.29) is 17.0 Å². The topological polar surface area (TPSA) is 58.6 Å². The number of hydrogen-bond acceptors (Lipinski definition) is 4. The first-order valence-corrected chi connectivity index (χ1v) is 5.81. The number of aliphatic hydroxyl groups is 1. The number of ether oxygens (including phenoxy) is 1. The van der Waals surface area contributed by atoms with Gasteiger partial charge in [-0.25, -0.2) is 0 Å². The summed E-state index contributed by atoms with van der Waals surface area (Å²) in [5.74, 6) is -0.340. The van der Waals surface area contributed by atoms with E-state index in [4.69, 9.17) is 16.3 Å². The normalized spacial score (nSPS) is 60.2. The van der Waals surface area contributed by atoms with Crippen molar-refractivity contribution in [3.8, 4) is 0 Å². The summed E-state index contributed by atoms with van der Waals surface area (Å²) in [4.78, 5) is 10.4. The number of alkyl halides is 2. The highest BCUT2D eigenvalue weighted by molar-refractivity contribution is 9.09. The Bertz CT molecular complexity index is 315. The van der Waals surface area contributed by atoms with Gasteiger partial charge in [0, 0.05) is 10.7 Å². The maximum atomic E-state index is 11.5. The molecule has 4 heterocycles. The van der Waals surface area contributed by atoms with Crippen LogP contribution in [0, 0.1) is 5.92 Å². The number of piperidine rings is 2. The van der Waals surface area contributed by atoms with Crippen molar-refractivity contribution in [1.82, 2.24) is 5.32 Å². The van der Waals surface area contributed by atoms with Gasteiger partial charge in [0.1, 0.15) is 0 Å². The summed E-state index contributed by atoms with van der Waals surface area (Å²) >= 11 is 9.60. The van der Waals surface area contributed by atoms with Crippen LogP contribution in [0.5, 0.6) is 0 Å². The number of carbonyl (C=O) groups excluding carboxylic acids is 1. The number of halogens is 2. The van der Waals surface area contributed by atoms with Crippen molar-refractivity contribution in [2.24, 2.45) is 5.92 Å². The second-order valence-electron chi connectivity index (χ2n) is 4.14. The molecule has 5 aliphatic rings. The highest BCUT2D eigenvalue weighted by Gasteiger charge is 2.67. The lowest BCUT2D eigenvalue weighted by Gasteiger charge is -2.59. The predicted octanol–water partition coefficient (Wildman–Crippen LogP) is -0.0370. The monoisotopic (exact) mass is 281 g/mol. The Hall–Kier alpha value is 0.160. The maximum absolute atomic E-state index is 11.5. The molecular weight excluding hydrogens is 273 g/mol. The summed E-state index contributed by atoms with van der Waals surface area (Å²) in [6, 6.07) is -0.398. The SMILES string of the molecule is O=C1OC2NC3C(O)C(Br)C2CC13Cl. The maximum Gasteiger partial charge on any atom is 0.330 e. The van der Waals surface area contributed by atoms with Crippen LogP contribution in [0.25, 0.3) is 0 Å². The average molecular weight is 283 g/mol. The number of nitrogens with one attached hydrogen (secondary N) is 1. The van der Waals surface area contributed by atoms with Crippen LogP contribution in [0.1, 0.15) is 6.42 Å². The Morgan fingerprint density at radius 1 is 1.71 bits per heavy atom. The molecule has 0 radical (unpaired) electrons. The molecule has 4 bridgehead atoms. The second kappa shape index (κ2) is 2.64. The molecule has 6 heteroatoms. The summed E-state index contributed by atoms with van der Waals surface area (Å²) in [6.45, 7) is 0. The van der Waals surface area contributed by atoms with E-state index in [0.29, 0.717) is 6.42 Å². The summed E-state index contributed by atoms with van der Waals surface area (Å²) in [5, 5.41) is 12.9. The third kappa shape index (κ3) is 0.894. The van der Waals surface area contributed by atoms with E-state index in [9.17, 15) is 9.90 Å². The average Bonchev–Trinajstić information content (AvgIpc) is 2.14. The third-order valence-electron chi connectivity index (χ3n) is 3.41. The lowest BCUT2D eigenvalue weighted by molar-refractivity contribution is -0.197. The van der Waals surface area contributed by atoms with Crippen LogP contribution in [0.3, 0.4) is 0 Å². The van der Waals surface area contributed by atoms with Crippen LogP contribution in [-0.4, -0.2) is 39.2 Å². The predicted molar refractivity (Wildman–Crippen MR) is 52.2 cm³/mol.